The molecule has 2 aromatic rings. The zero-order chi connectivity index (χ0) is 25.3. The van der Waals surface area contributed by atoms with Gasteiger partial charge in [-0.2, -0.15) is 5.26 Å². The first kappa shape index (κ1) is 27.1. The molecule has 3 rings (SSSR count). The summed E-state index contributed by atoms with van der Waals surface area (Å²) in [6.07, 6.45) is 3.87. The van der Waals surface area contributed by atoms with Gasteiger partial charge in [-0.15, -0.1) is 6.58 Å². The molecule has 34 heavy (non-hydrogen) atoms. The van der Waals surface area contributed by atoms with Crippen molar-refractivity contribution < 1.29 is 6.22 Å². The van der Waals surface area contributed by atoms with Crippen molar-refractivity contribution in [1.29, 1.82) is 5.26 Å². The zero-order valence-corrected chi connectivity index (χ0v) is 21.9. The summed E-state index contributed by atoms with van der Waals surface area (Å²) in [7, 11) is 0. The monoisotopic (exact) mass is 458 g/mol. The minimum Gasteiger partial charge on any atom is -0.339 e. The smallest absolute Gasteiger partial charge is 0.253 e. The minimum absolute atomic E-state index is 0. The van der Waals surface area contributed by atoms with Crippen LogP contribution in [0, 0.1) is 11.3 Å². The van der Waals surface area contributed by atoms with Crippen LogP contribution < -0.4 is 0 Å². The highest BCUT2D eigenvalue weighted by molar-refractivity contribution is 5.95. The van der Waals surface area contributed by atoms with Crippen LogP contribution in [0.5, 0.6) is 0 Å². The van der Waals surface area contributed by atoms with Gasteiger partial charge in [-0.25, -0.2) is 0 Å². The molecule has 1 aliphatic rings. The van der Waals surface area contributed by atoms with Crippen molar-refractivity contribution in [1.82, 2.24) is 4.90 Å². The molecule has 3 heteroatoms. The maximum absolute atomic E-state index is 13.2. The van der Waals surface area contributed by atoms with Crippen LogP contribution in [0.1, 0.15) is 101 Å². The highest BCUT2D eigenvalue weighted by Crippen LogP contribution is 2.31. The molecule has 1 amide bonds. The molecule has 1 fully saturated rings. The van der Waals surface area contributed by atoms with Gasteiger partial charge in [0.15, 0.2) is 0 Å². The Hall–Kier alpha value is -3.12. The average molecular weight is 459 g/mol. The van der Waals surface area contributed by atoms with Crippen LogP contribution in [0.2, 0.25) is 0 Å². The zero-order valence-electron chi connectivity index (χ0n) is 21.9. The van der Waals surface area contributed by atoms with Gasteiger partial charge in [0.1, 0.15) is 0 Å². The molecule has 0 aromatic heterocycles. The van der Waals surface area contributed by atoms with Gasteiger partial charge in [-0.3, -0.25) is 4.79 Å². The molecule has 0 bridgehead atoms. The fourth-order valence-electron chi connectivity index (χ4n) is 4.54. The van der Waals surface area contributed by atoms with Gasteiger partial charge >= 0.3 is 0 Å². The maximum atomic E-state index is 13.2. The number of aryl methyl sites for hydroxylation is 1. The Labute approximate surface area is 208 Å². The Bertz CT molecular complexity index is 1060. The quantitative estimate of drug-likeness (QED) is 0.424. The second kappa shape index (κ2) is 12.9. The SMILES string of the molecule is C=C(C)C.CCC(=C(C)C)c1cc(C(=O)N2CCC(c3ccc(C#N)cc3)CC2)ccc1CC.[HH]. The van der Waals surface area contributed by atoms with Crippen LogP contribution in [-0.2, 0) is 6.42 Å². The number of carbonyl (C=O) groups excluding carboxylic acids is 1. The first-order valence-electron chi connectivity index (χ1n) is 12.4. The van der Waals surface area contributed by atoms with Crippen molar-refractivity contribution in [2.75, 3.05) is 13.1 Å². The molecule has 0 spiro atoms. The van der Waals surface area contributed by atoms with Crippen LogP contribution in [0.25, 0.3) is 5.57 Å². The van der Waals surface area contributed by atoms with Gasteiger partial charge in [-0.05, 0) is 106 Å². The number of allylic oxidation sites excluding steroid dienone is 3. The predicted molar refractivity (Wildman–Crippen MR) is 146 cm³/mol. The third-order valence-electron chi connectivity index (χ3n) is 6.31. The van der Waals surface area contributed by atoms with E-state index >= 15 is 0 Å². The van der Waals surface area contributed by atoms with Crippen LogP contribution in [0.3, 0.4) is 0 Å². The molecule has 0 aliphatic carbocycles. The summed E-state index contributed by atoms with van der Waals surface area (Å²) in [6.45, 7) is 17.7. The van der Waals surface area contributed by atoms with E-state index in [1.807, 2.05) is 36.9 Å². The minimum atomic E-state index is 0. The topological polar surface area (TPSA) is 44.1 Å². The third-order valence-corrected chi connectivity index (χ3v) is 6.31. The van der Waals surface area contributed by atoms with Crippen LogP contribution in [0.15, 0.2) is 60.2 Å². The maximum Gasteiger partial charge on any atom is 0.253 e. The molecule has 3 nitrogen and oxygen atoms in total. The van der Waals surface area contributed by atoms with Gasteiger partial charge in [-0.1, -0.05) is 43.2 Å². The lowest BCUT2D eigenvalue weighted by molar-refractivity contribution is 0.0713. The number of nitrogens with zero attached hydrogens (tertiary/aromatic N) is 2. The molecular weight excluding hydrogens is 416 g/mol. The number of carbonyl (C=O) groups is 1. The number of amides is 1. The van der Waals surface area contributed by atoms with Gasteiger partial charge in [0.05, 0.1) is 11.6 Å². The third kappa shape index (κ3) is 7.19. The number of piperidine rings is 1. The van der Waals surface area contributed by atoms with Gasteiger partial charge < -0.3 is 4.90 Å². The van der Waals surface area contributed by atoms with Crippen molar-refractivity contribution in [2.24, 2.45) is 0 Å². The summed E-state index contributed by atoms with van der Waals surface area (Å²) in [6, 6.07) is 16.3. The number of likely N-dealkylation sites (tertiary alicyclic amines) is 1. The van der Waals surface area contributed by atoms with Gasteiger partial charge in [0.25, 0.3) is 5.91 Å². The lowest BCUT2D eigenvalue weighted by Crippen LogP contribution is -2.38. The van der Waals surface area contributed by atoms with E-state index in [1.54, 1.807) is 0 Å². The normalized spacial score (nSPS) is 13.4. The standard InChI is InChI=1S/C27H32N2O.C4H8.H2/c1-5-21-11-12-24(17-26(21)25(6-2)19(3)4)27(30)29-15-13-23(14-16-29)22-9-7-20(18-28)8-10-22;1-4(2)3;/h7-12,17,23H,5-6,13-16H2,1-4H3;1H2,2-3H3;1H. The van der Waals surface area contributed by atoms with E-state index in [2.05, 4.69) is 64.6 Å². The van der Waals surface area contributed by atoms with Crippen molar-refractivity contribution in [3.63, 3.8) is 0 Å². The number of benzene rings is 2. The van der Waals surface area contributed by atoms with E-state index in [1.165, 1.54) is 33.4 Å². The van der Waals surface area contributed by atoms with Crippen molar-refractivity contribution >= 4 is 11.5 Å². The second-order valence-electron chi connectivity index (χ2n) is 9.56. The molecule has 0 saturated carbocycles. The molecule has 0 radical (unpaired) electrons. The van der Waals surface area contributed by atoms with E-state index in [-0.39, 0.29) is 7.33 Å². The summed E-state index contributed by atoms with van der Waals surface area (Å²) in [5, 5.41) is 8.98. The lowest BCUT2D eigenvalue weighted by Gasteiger charge is -2.32. The number of rotatable bonds is 5. The molecule has 1 heterocycles. The average Bonchev–Trinajstić information content (AvgIpc) is 2.83. The molecule has 1 saturated heterocycles. The highest BCUT2D eigenvalue weighted by atomic mass is 16.2. The summed E-state index contributed by atoms with van der Waals surface area (Å²) >= 11 is 0. The van der Waals surface area contributed by atoms with Crippen molar-refractivity contribution in [2.45, 2.75) is 73.1 Å². The van der Waals surface area contributed by atoms with Crippen LogP contribution in [-0.4, -0.2) is 23.9 Å². The van der Waals surface area contributed by atoms with E-state index in [4.69, 9.17) is 5.26 Å². The van der Waals surface area contributed by atoms with E-state index in [0.717, 1.165) is 44.3 Å². The molecular formula is C31H42N2O. The van der Waals surface area contributed by atoms with E-state index in [0.29, 0.717) is 11.5 Å². The summed E-state index contributed by atoms with van der Waals surface area (Å²) < 4.78 is 0. The Balaban J connectivity index is 0.00000114. The lowest BCUT2D eigenvalue weighted by atomic mass is 9.88. The Kier molecular flexibility index (Phi) is 10.3. The largest absolute Gasteiger partial charge is 0.339 e. The van der Waals surface area contributed by atoms with Crippen LogP contribution in [0.4, 0.5) is 0 Å². The summed E-state index contributed by atoms with van der Waals surface area (Å²) in [5.74, 6) is 0.596. The van der Waals surface area contributed by atoms with E-state index in [9.17, 15) is 4.79 Å². The fraction of sp³-hybridized carbons (Fsp3) is 0.419. The molecule has 0 atom stereocenters. The Morgan fingerprint density at radius 2 is 1.65 bits per heavy atom. The first-order chi connectivity index (χ1) is 16.2. The fourth-order valence-corrected chi connectivity index (χ4v) is 4.54. The number of hydrogen-bond acceptors (Lipinski definition) is 2. The molecule has 2 aromatic carbocycles. The first-order valence-corrected chi connectivity index (χ1v) is 12.4. The van der Waals surface area contributed by atoms with Crippen molar-refractivity contribution in [3.05, 3.63) is 88.0 Å². The van der Waals surface area contributed by atoms with Crippen LogP contribution >= 0.6 is 0 Å². The number of hydrogen-bond donors (Lipinski definition) is 0. The summed E-state index contributed by atoms with van der Waals surface area (Å²) in [5.41, 5.74) is 9.14. The second-order valence-corrected chi connectivity index (χ2v) is 9.56. The van der Waals surface area contributed by atoms with Gasteiger partial charge in [0.2, 0.25) is 0 Å². The van der Waals surface area contributed by atoms with Gasteiger partial charge in [0, 0.05) is 20.1 Å². The Morgan fingerprint density at radius 3 is 2.12 bits per heavy atom. The highest BCUT2D eigenvalue weighted by Gasteiger charge is 2.25. The molecule has 1 aliphatic heterocycles. The van der Waals surface area contributed by atoms with E-state index < -0.39 is 0 Å². The number of nitriles is 1. The molecule has 0 N–H and O–H groups in total. The molecule has 0 unspecified atom stereocenters. The summed E-state index contributed by atoms with van der Waals surface area (Å²) in [4.78, 5) is 15.2. The van der Waals surface area contributed by atoms with Crippen molar-refractivity contribution in [3.8, 4) is 6.07 Å². The molecule has 182 valence electrons. The Morgan fingerprint density at radius 1 is 1.06 bits per heavy atom. The predicted octanol–water partition coefficient (Wildman–Crippen LogP) is 8.17.